The molecule has 0 unspecified atom stereocenters. The summed E-state index contributed by atoms with van der Waals surface area (Å²) in [5.41, 5.74) is 0.466. The number of benzene rings is 2. The van der Waals surface area contributed by atoms with Crippen molar-refractivity contribution < 1.29 is 13.9 Å². The highest BCUT2D eigenvalue weighted by Crippen LogP contribution is 2.29. The van der Waals surface area contributed by atoms with Crippen molar-refractivity contribution in [2.45, 2.75) is 9.79 Å². The van der Waals surface area contributed by atoms with E-state index in [2.05, 4.69) is 0 Å². The summed E-state index contributed by atoms with van der Waals surface area (Å²) in [4.78, 5) is 14.0. The van der Waals surface area contributed by atoms with Crippen molar-refractivity contribution in [1.29, 1.82) is 0 Å². The van der Waals surface area contributed by atoms with Crippen LogP contribution in [-0.4, -0.2) is 14.2 Å². The standard InChI is InChI=1S/C17H14O4S/c1-19-11-3-6-13(7-4-11)22-16-10-21-15-9-12(20-2)5-8-14(15)17(16)18/h3-10H,1-2H3. The fourth-order valence-corrected chi connectivity index (χ4v) is 2.88. The van der Waals surface area contributed by atoms with Crippen LogP contribution in [0.15, 0.2) is 67.7 Å². The van der Waals surface area contributed by atoms with Gasteiger partial charge in [0.25, 0.3) is 0 Å². The van der Waals surface area contributed by atoms with Crippen molar-refractivity contribution in [2.75, 3.05) is 14.2 Å². The highest BCUT2D eigenvalue weighted by Gasteiger charge is 2.09. The zero-order chi connectivity index (χ0) is 15.5. The normalized spacial score (nSPS) is 10.6. The minimum atomic E-state index is -0.0512. The molecule has 0 spiro atoms. The maximum atomic E-state index is 12.5. The highest BCUT2D eigenvalue weighted by atomic mass is 32.2. The molecule has 0 radical (unpaired) electrons. The summed E-state index contributed by atoms with van der Waals surface area (Å²) in [5, 5.41) is 0.541. The maximum absolute atomic E-state index is 12.5. The lowest BCUT2D eigenvalue weighted by atomic mass is 10.2. The zero-order valence-corrected chi connectivity index (χ0v) is 13.0. The third-order valence-electron chi connectivity index (χ3n) is 3.24. The summed E-state index contributed by atoms with van der Waals surface area (Å²) in [7, 11) is 3.20. The van der Waals surface area contributed by atoms with Gasteiger partial charge in [0.1, 0.15) is 23.3 Å². The summed E-state index contributed by atoms with van der Waals surface area (Å²) >= 11 is 1.37. The molecule has 0 atom stereocenters. The van der Waals surface area contributed by atoms with Crippen LogP contribution in [0.4, 0.5) is 0 Å². The predicted molar refractivity (Wildman–Crippen MR) is 86.2 cm³/mol. The Morgan fingerprint density at radius 2 is 1.64 bits per heavy atom. The summed E-state index contributed by atoms with van der Waals surface area (Å²) in [6.45, 7) is 0. The maximum Gasteiger partial charge on any atom is 0.206 e. The van der Waals surface area contributed by atoms with E-state index in [9.17, 15) is 4.79 Å². The fourth-order valence-electron chi connectivity index (χ4n) is 2.06. The molecule has 0 aliphatic heterocycles. The van der Waals surface area contributed by atoms with Crippen molar-refractivity contribution in [1.82, 2.24) is 0 Å². The lowest BCUT2D eigenvalue weighted by Gasteiger charge is -2.05. The van der Waals surface area contributed by atoms with E-state index in [4.69, 9.17) is 13.9 Å². The van der Waals surface area contributed by atoms with Gasteiger partial charge < -0.3 is 13.9 Å². The zero-order valence-electron chi connectivity index (χ0n) is 12.2. The van der Waals surface area contributed by atoms with E-state index in [-0.39, 0.29) is 5.43 Å². The molecule has 5 heteroatoms. The van der Waals surface area contributed by atoms with Gasteiger partial charge in [0.15, 0.2) is 0 Å². The van der Waals surface area contributed by atoms with Gasteiger partial charge in [-0.1, -0.05) is 11.8 Å². The first-order valence-corrected chi connectivity index (χ1v) is 7.44. The number of fused-ring (bicyclic) bond motifs is 1. The molecule has 4 nitrogen and oxygen atoms in total. The first kappa shape index (κ1) is 14.5. The molecule has 3 aromatic rings. The highest BCUT2D eigenvalue weighted by molar-refractivity contribution is 7.99. The third kappa shape index (κ3) is 2.80. The van der Waals surface area contributed by atoms with Gasteiger partial charge in [0.05, 0.1) is 24.5 Å². The summed E-state index contributed by atoms with van der Waals surface area (Å²) < 4.78 is 15.8. The molecule has 0 N–H and O–H groups in total. The topological polar surface area (TPSA) is 48.7 Å². The lowest BCUT2D eigenvalue weighted by molar-refractivity contribution is 0.414. The number of methoxy groups -OCH3 is 2. The van der Waals surface area contributed by atoms with Gasteiger partial charge in [0.2, 0.25) is 5.43 Å². The minimum absolute atomic E-state index is 0.0512. The second kappa shape index (κ2) is 6.15. The van der Waals surface area contributed by atoms with Crippen LogP contribution >= 0.6 is 11.8 Å². The molecule has 2 aromatic carbocycles. The molecule has 0 aliphatic carbocycles. The molecule has 0 saturated heterocycles. The number of hydrogen-bond acceptors (Lipinski definition) is 5. The first-order valence-electron chi connectivity index (χ1n) is 6.63. The van der Waals surface area contributed by atoms with Crippen LogP contribution in [0.5, 0.6) is 11.5 Å². The molecule has 0 amide bonds. The van der Waals surface area contributed by atoms with Crippen LogP contribution in [0.2, 0.25) is 0 Å². The Balaban J connectivity index is 1.97. The van der Waals surface area contributed by atoms with E-state index in [1.165, 1.54) is 18.0 Å². The Labute approximate surface area is 131 Å². The van der Waals surface area contributed by atoms with Crippen LogP contribution in [0.3, 0.4) is 0 Å². The average molecular weight is 314 g/mol. The van der Waals surface area contributed by atoms with Gasteiger partial charge in [0, 0.05) is 11.0 Å². The van der Waals surface area contributed by atoms with Crippen molar-refractivity contribution in [2.24, 2.45) is 0 Å². The van der Waals surface area contributed by atoms with E-state index >= 15 is 0 Å². The van der Waals surface area contributed by atoms with E-state index in [0.29, 0.717) is 21.6 Å². The molecular formula is C17H14O4S. The van der Waals surface area contributed by atoms with Crippen molar-refractivity contribution >= 4 is 22.7 Å². The van der Waals surface area contributed by atoms with Crippen molar-refractivity contribution in [3.63, 3.8) is 0 Å². The summed E-state index contributed by atoms with van der Waals surface area (Å²) in [6, 6.07) is 12.7. The van der Waals surface area contributed by atoms with E-state index in [1.54, 1.807) is 32.4 Å². The van der Waals surface area contributed by atoms with Crippen LogP contribution in [0.1, 0.15) is 0 Å². The van der Waals surface area contributed by atoms with Crippen molar-refractivity contribution in [3.8, 4) is 11.5 Å². The SMILES string of the molecule is COc1ccc(Sc2coc3cc(OC)ccc3c2=O)cc1. The Morgan fingerprint density at radius 3 is 2.32 bits per heavy atom. The van der Waals surface area contributed by atoms with Gasteiger partial charge in [-0.3, -0.25) is 4.79 Å². The average Bonchev–Trinajstić information content (AvgIpc) is 2.57. The van der Waals surface area contributed by atoms with Gasteiger partial charge in [-0.15, -0.1) is 0 Å². The monoisotopic (exact) mass is 314 g/mol. The molecule has 112 valence electrons. The molecule has 0 bridgehead atoms. The van der Waals surface area contributed by atoms with Gasteiger partial charge >= 0.3 is 0 Å². The Bertz CT molecular complexity index is 853. The molecule has 0 saturated carbocycles. The summed E-state index contributed by atoms with van der Waals surface area (Å²) in [5.74, 6) is 1.44. The first-order chi connectivity index (χ1) is 10.7. The van der Waals surface area contributed by atoms with E-state index in [0.717, 1.165) is 10.6 Å². The fraction of sp³-hybridized carbons (Fsp3) is 0.118. The molecule has 0 fully saturated rings. The molecule has 0 aliphatic rings. The van der Waals surface area contributed by atoms with Gasteiger partial charge in [-0.2, -0.15) is 0 Å². The largest absolute Gasteiger partial charge is 0.497 e. The predicted octanol–water partition coefficient (Wildman–Crippen LogP) is 3.96. The second-order valence-electron chi connectivity index (χ2n) is 4.57. The van der Waals surface area contributed by atoms with Gasteiger partial charge in [-0.05, 0) is 36.4 Å². The smallest absolute Gasteiger partial charge is 0.206 e. The van der Waals surface area contributed by atoms with Crippen molar-refractivity contribution in [3.05, 3.63) is 59.0 Å². The summed E-state index contributed by atoms with van der Waals surface area (Å²) in [6.07, 6.45) is 1.49. The van der Waals surface area contributed by atoms with Crippen LogP contribution < -0.4 is 14.9 Å². The second-order valence-corrected chi connectivity index (χ2v) is 5.68. The minimum Gasteiger partial charge on any atom is -0.497 e. The Hall–Kier alpha value is -2.40. The van der Waals surface area contributed by atoms with Gasteiger partial charge in [-0.25, -0.2) is 0 Å². The number of rotatable bonds is 4. The van der Waals surface area contributed by atoms with E-state index < -0.39 is 0 Å². The Kier molecular flexibility index (Phi) is 4.06. The Morgan fingerprint density at radius 1 is 0.955 bits per heavy atom. The molecule has 1 heterocycles. The molecular weight excluding hydrogens is 300 g/mol. The molecule has 22 heavy (non-hydrogen) atoms. The van der Waals surface area contributed by atoms with Crippen LogP contribution in [-0.2, 0) is 0 Å². The lowest BCUT2D eigenvalue weighted by Crippen LogP contribution is -2.03. The quantitative estimate of drug-likeness (QED) is 0.729. The van der Waals surface area contributed by atoms with Crippen LogP contribution in [0.25, 0.3) is 11.0 Å². The number of hydrogen-bond donors (Lipinski definition) is 0. The van der Waals surface area contributed by atoms with E-state index in [1.807, 2.05) is 24.3 Å². The third-order valence-corrected chi connectivity index (χ3v) is 4.25. The van der Waals surface area contributed by atoms with Crippen LogP contribution in [0, 0.1) is 0 Å². The molecule has 3 rings (SSSR count). The number of ether oxygens (including phenoxy) is 2. The molecule has 1 aromatic heterocycles.